The summed E-state index contributed by atoms with van der Waals surface area (Å²) in [5.41, 5.74) is -0.180. The van der Waals surface area contributed by atoms with E-state index in [1.54, 1.807) is 31.2 Å². The fourth-order valence-electron chi connectivity index (χ4n) is 3.48. The van der Waals surface area contributed by atoms with Crippen LogP contribution >= 0.6 is 23.2 Å². The molecule has 37 heavy (non-hydrogen) atoms. The Kier molecular flexibility index (Phi) is 7.53. The van der Waals surface area contributed by atoms with Crippen molar-refractivity contribution in [2.45, 2.75) is 38.7 Å². The summed E-state index contributed by atoms with van der Waals surface area (Å²) in [7, 11) is 0. The van der Waals surface area contributed by atoms with Gasteiger partial charge in [-0.2, -0.15) is 13.2 Å². The number of nitrogens with zero attached hydrogens (tertiary/aromatic N) is 6. The van der Waals surface area contributed by atoms with Gasteiger partial charge in [0.25, 0.3) is 0 Å². The quantitative estimate of drug-likeness (QED) is 0.327. The number of hydrogen-bond donors (Lipinski definition) is 1. The number of aliphatic hydroxyl groups is 1. The molecule has 2 heterocycles. The van der Waals surface area contributed by atoms with Gasteiger partial charge in [0.1, 0.15) is 6.54 Å². The maximum absolute atomic E-state index is 13.1. The minimum Gasteiger partial charge on any atom is -0.382 e. The number of aromatic nitrogens is 6. The molecule has 0 saturated carbocycles. The molecule has 14 heteroatoms. The minimum atomic E-state index is -4.95. The van der Waals surface area contributed by atoms with Crippen molar-refractivity contribution in [3.63, 3.8) is 0 Å². The first kappa shape index (κ1) is 26.6. The maximum atomic E-state index is 13.1. The first-order chi connectivity index (χ1) is 17.5. The van der Waals surface area contributed by atoms with Crippen LogP contribution in [0.25, 0.3) is 17.1 Å². The van der Waals surface area contributed by atoms with Crippen LogP contribution in [0, 0.1) is 0 Å². The van der Waals surface area contributed by atoms with Crippen LogP contribution in [0.3, 0.4) is 0 Å². The van der Waals surface area contributed by atoms with Crippen molar-refractivity contribution < 1.29 is 23.1 Å². The van der Waals surface area contributed by atoms with Crippen LogP contribution in [0.5, 0.6) is 0 Å². The second-order valence-electron chi connectivity index (χ2n) is 7.96. The third-order valence-electron chi connectivity index (χ3n) is 5.32. The summed E-state index contributed by atoms with van der Waals surface area (Å²) in [4.78, 5) is 29.9. The molecule has 2 aromatic heterocycles. The number of aliphatic hydroxyl groups excluding tert-OH is 1. The molecule has 0 spiro atoms. The number of hydrogen-bond acceptors (Lipinski definition) is 6. The molecule has 0 radical (unpaired) electrons. The lowest BCUT2D eigenvalue weighted by molar-refractivity contribution is -0.207. The highest BCUT2D eigenvalue weighted by molar-refractivity contribution is 6.31. The van der Waals surface area contributed by atoms with E-state index in [-0.39, 0.29) is 36.2 Å². The van der Waals surface area contributed by atoms with Gasteiger partial charge in [-0.1, -0.05) is 36.2 Å². The van der Waals surface area contributed by atoms with Gasteiger partial charge in [-0.3, -0.25) is 9.36 Å². The zero-order valence-corrected chi connectivity index (χ0v) is 20.7. The number of carbonyl (C=O) groups is 1. The van der Waals surface area contributed by atoms with Crippen molar-refractivity contribution in [2.24, 2.45) is 0 Å². The van der Waals surface area contributed by atoms with Gasteiger partial charge in [0.2, 0.25) is 0 Å². The first-order valence-electron chi connectivity index (χ1n) is 10.9. The lowest BCUT2D eigenvalue weighted by atomic mass is 10.2. The first-order valence-corrected chi connectivity index (χ1v) is 11.7. The lowest BCUT2D eigenvalue weighted by Gasteiger charge is -2.15. The second-order valence-corrected chi connectivity index (χ2v) is 8.83. The van der Waals surface area contributed by atoms with Gasteiger partial charge in [-0.05, 0) is 42.5 Å². The molecule has 0 aliphatic rings. The zero-order chi connectivity index (χ0) is 26.9. The SMILES string of the molecule is CCC(=O)c1nc(Cn2nc(-c3ccc(Cl)cc3)n(C[C@H](O)C(F)(F)F)c2=O)nn1-c1cccc(Cl)c1. The molecule has 0 unspecified atom stereocenters. The van der Waals surface area contributed by atoms with Gasteiger partial charge >= 0.3 is 11.9 Å². The largest absolute Gasteiger partial charge is 0.416 e. The smallest absolute Gasteiger partial charge is 0.382 e. The van der Waals surface area contributed by atoms with Gasteiger partial charge < -0.3 is 5.11 Å². The summed E-state index contributed by atoms with van der Waals surface area (Å²) in [6, 6.07) is 12.5. The Morgan fingerprint density at radius 2 is 1.78 bits per heavy atom. The molecule has 0 aliphatic carbocycles. The normalized spacial score (nSPS) is 12.6. The van der Waals surface area contributed by atoms with E-state index in [0.717, 1.165) is 4.68 Å². The van der Waals surface area contributed by atoms with Crippen LogP contribution in [0.4, 0.5) is 13.2 Å². The number of benzene rings is 2. The second kappa shape index (κ2) is 10.5. The molecule has 4 aromatic rings. The Balaban J connectivity index is 1.78. The van der Waals surface area contributed by atoms with E-state index in [1.807, 2.05) is 0 Å². The number of Topliss-reactive ketones (excluding diaryl/α,β-unsaturated/α-hetero) is 1. The summed E-state index contributed by atoms with van der Waals surface area (Å²) >= 11 is 12.0. The monoisotopic (exact) mass is 554 g/mol. The van der Waals surface area contributed by atoms with Crippen LogP contribution in [0.2, 0.25) is 10.0 Å². The van der Waals surface area contributed by atoms with Gasteiger partial charge in [-0.25, -0.2) is 19.1 Å². The van der Waals surface area contributed by atoms with Gasteiger partial charge in [0.05, 0.1) is 12.2 Å². The number of alkyl halides is 3. The van der Waals surface area contributed by atoms with Crippen LogP contribution < -0.4 is 5.69 Å². The van der Waals surface area contributed by atoms with E-state index in [1.165, 1.54) is 28.9 Å². The van der Waals surface area contributed by atoms with Crippen LogP contribution in [-0.4, -0.2) is 52.3 Å². The zero-order valence-electron chi connectivity index (χ0n) is 19.2. The molecule has 194 valence electrons. The molecule has 1 atom stereocenters. The highest BCUT2D eigenvalue weighted by Crippen LogP contribution is 2.24. The van der Waals surface area contributed by atoms with E-state index >= 15 is 0 Å². The molecule has 0 amide bonds. The maximum Gasteiger partial charge on any atom is 0.416 e. The third-order valence-corrected chi connectivity index (χ3v) is 5.81. The minimum absolute atomic E-state index is 0.00216. The molecule has 9 nitrogen and oxygen atoms in total. The van der Waals surface area contributed by atoms with E-state index in [0.29, 0.717) is 25.9 Å². The van der Waals surface area contributed by atoms with E-state index in [9.17, 15) is 27.9 Å². The molecule has 0 fully saturated rings. The molecule has 0 saturated heterocycles. The molecule has 1 N–H and O–H groups in total. The Morgan fingerprint density at radius 3 is 2.41 bits per heavy atom. The third kappa shape index (κ3) is 5.76. The van der Waals surface area contributed by atoms with E-state index in [2.05, 4.69) is 15.2 Å². The van der Waals surface area contributed by atoms with Crippen LogP contribution in [0.1, 0.15) is 29.8 Å². The molecule has 0 bridgehead atoms. The standard InChI is InChI=1S/C23H19Cl2F3N6O3/c1-2-17(35)21-29-19(30-34(21)16-5-3-4-15(25)10-16)12-33-22(37)32(11-18(36)23(26,27)28)20(31-33)13-6-8-14(24)9-7-13/h3-10,18,36H,2,11-12H2,1H3/t18-/m0/s1. The average Bonchev–Trinajstić information content (AvgIpc) is 3.40. The number of halogens is 5. The summed E-state index contributed by atoms with van der Waals surface area (Å²) in [5.74, 6) is -0.434. The summed E-state index contributed by atoms with van der Waals surface area (Å²) < 4.78 is 42.1. The molecule has 2 aromatic carbocycles. The number of ketones is 1. The Morgan fingerprint density at radius 1 is 1.08 bits per heavy atom. The Labute approximate surface area is 217 Å². The van der Waals surface area contributed by atoms with Gasteiger partial charge in [-0.15, -0.1) is 10.2 Å². The summed E-state index contributed by atoms with van der Waals surface area (Å²) in [6.07, 6.45) is -7.63. The van der Waals surface area contributed by atoms with E-state index < -0.39 is 24.5 Å². The van der Waals surface area contributed by atoms with Crippen molar-refractivity contribution in [2.75, 3.05) is 0 Å². The van der Waals surface area contributed by atoms with Crippen LogP contribution in [-0.2, 0) is 13.1 Å². The number of rotatable bonds is 8. The lowest BCUT2D eigenvalue weighted by Crippen LogP contribution is -2.37. The van der Waals surface area contributed by atoms with Crippen LogP contribution in [0.15, 0.2) is 53.3 Å². The molecular weight excluding hydrogens is 536 g/mol. The predicted octanol–water partition coefficient (Wildman–Crippen LogP) is 4.16. The number of carbonyl (C=O) groups excluding carboxylic acids is 1. The molecule has 4 rings (SSSR count). The van der Waals surface area contributed by atoms with Crippen molar-refractivity contribution in [1.29, 1.82) is 0 Å². The fourth-order valence-corrected chi connectivity index (χ4v) is 3.79. The fraction of sp³-hybridized carbons (Fsp3) is 0.261. The van der Waals surface area contributed by atoms with Crippen molar-refractivity contribution in [1.82, 2.24) is 29.1 Å². The van der Waals surface area contributed by atoms with Crippen molar-refractivity contribution in [3.8, 4) is 17.1 Å². The van der Waals surface area contributed by atoms with Gasteiger partial charge in [0, 0.05) is 22.0 Å². The highest BCUT2D eigenvalue weighted by atomic mass is 35.5. The van der Waals surface area contributed by atoms with Crippen molar-refractivity contribution >= 4 is 29.0 Å². The topological polar surface area (TPSA) is 108 Å². The Hall–Kier alpha value is -3.48. The molecule has 0 aliphatic heterocycles. The summed E-state index contributed by atoms with van der Waals surface area (Å²) in [6.45, 7) is 0.214. The molecular formula is C23H19Cl2F3N6O3. The predicted molar refractivity (Wildman–Crippen MR) is 129 cm³/mol. The van der Waals surface area contributed by atoms with Crippen molar-refractivity contribution in [3.05, 3.63) is 80.7 Å². The van der Waals surface area contributed by atoms with Gasteiger partial charge in [0.15, 0.2) is 29.4 Å². The summed E-state index contributed by atoms with van der Waals surface area (Å²) in [5, 5.41) is 18.9. The Bertz CT molecular complexity index is 1490. The highest BCUT2D eigenvalue weighted by Gasteiger charge is 2.39. The average molecular weight is 555 g/mol. The van der Waals surface area contributed by atoms with E-state index in [4.69, 9.17) is 23.2 Å².